The van der Waals surface area contributed by atoms with Crippen LogP contribution in [0.3, 0.4) is 0 Å². The number of aliphatic imine (C=N–C) groups is 2. The van der Waals surface area contributed by atoms with E-state index in [4.69, 9.17) is 56.2 Å². The number of benzene rings is 2. The summed E-state index contributed by atoms with van der Waals surface area (Å²) in [6.07, 6.45) is 11.4. The number of Topliss-reactive ketones (excluding diaryl/α,β-unsaturated/α-hetero) is 2. The number of ether oxygens (including phenoxy) is 4. The van der Waals surface area contributed by atoms with Crippen LogP contribution in [0.15, 0.2) is 142 Å². The van der Waals surface area contributed by atoms with Crippen molar-refractivity contribution >= 4 is 34.4 Å². The Morgan fingerprint density at radius 2 is 0.693 bits per heavy atom. The van der Waals surface area contributed by atoms with Gasteiger partial charge in [0.2, 0.25) is 11.6 Å². The summed E-state index contributed by atoms with van der Waals surface area (Å²) >= 11 is 0. The fourth-order valence-corrected chi connectivity index (χ4v) is 6.39. The van der Waals surface area contributed by atoms with Crippen molar-refractivity contribution < 1.29 is 106 Å². The van der Waals surface area contributed by atoms with E-state index in [0.717, 1.165) is 33.7 Å². The van der Waals surface area contributed by atoms with Gasteiger partial charge in [0, 0.05) is 59.9 Å². The minimum atomic E-state index is -4.94. The minimum Gasteiger partial charge on any atom is -0.497 e. The number of carbonyl (C=O) groups is 2. The summed E-state index contributed by atoms with van der Waals surface area (Å²) in [6, 6.07) is 22.3. The first-order valence-corrected chi connectivity index (χ1v) is 25.0. The fraction of sp³-hybridized carbons (Fsp3) is 0.370. The molecule has 2 heterocycles. The summed E-state index contributed by atoms with van der Waals surface area (Å²) < 4.78 is 89.2. The van der Waals surface area contributed by atoms with Gasteiger partial charge in [-0.2, -0.15) is 0 Å². The number of ketones is 2. The molecule has 2 aromatic carbocycles. The zero-order chi connectivity index (χ0) is 56.6. The van der Waals surface area contributed by atoms with Crippen LogP contribution in [0, 0.1) is 42.1 Å². The second-order valence-corrected chi connectivity index (χ2v) is 21.8. The standard InChI is InChI=1S/2C22H29NO3.C10H8N2.2ClHO4.Ru/c2*1-21(2,3)14-9-18(22(4,5)6)20(24)19(10-14)23-15-11-16(25-7)13-17(12-15)26-8;1-3-7-11-9(5-1)10-6-2-4-8-12-10;2*2-1(3,4)5;/h2*9-13H,1-8H3;1-8H;2*(H,2,3,4,5);/q;;;;;+2/p-2. The molecule has 2 aromatic heterocycles. The van der Waals surface area contributed by atoms with E-state index in [1.165, 1.54) is 0 Å². The number of rotatable bonds is 7. The van der Waals surface area contributed by atoms with Crippen molar-refractivity contribution in [1.29, 1.82) is 0 Å². The molecule has 18 nitrogen and oxygen atoms in total. The van der Waals surface area contributed by atoms with Crippen LogP contribution in [0.2, 0.25) is 0 Å². The van der Waals surface area contributed by atoms with Crippen LogP contribution in [0.4, 0.5) is 11.4 Å². The third-order valence-corrected chi connectivity index (χ3v) is 10.3. The maximum absolute atomic E-state index is 13.1. The number of pyridine rings is 2. The molecule has 0 radical (unpaired) electrons. The predicted molar refractivity (Wildman–Crippen MR) is 261 cm³/mol. The molecular formula is C54H66Cl2N4O14Ru. The maximum atomic E-state index is 13.1. The molecule has 0 bridgehead atoms. The zero-order valence-corrected chi connectivity index (χ0v) is 48.3. The largest absolute Gasteiger partial charge is 2.00 e. The molecule has 0 saturated heterocycles. The first-order valence-electron chi connectivity index (χ1n) is 22.6. The van der Waals surface area contributed by atoms with Gasteiger partial charge in [-0.1, -0.05) is 107 Å². The molecular weight excluding hydrogens is 1100 g/mol. The number of carbonyl (C=O) groups excluding carboxylic acids is 2. The molecule has 2 aliphatic carbocycles. The van der Waals surface area contributed by atoms with Crippen LogP contribution < -0.4 is 56.2 Å². The Hall–Kier alpha value is -5.54. The second-order valence-electron chi connectivity index (χ2n) is 20.3. The summed E-state index contributed by atoms with van der Waals surface area (Å²) in [6.45, 7) is 25.1. The number of halogens is 2. The van der Waals surface area contributed by atoms with Gasteiger partial charge < -0.3 is 18.9 Å². The zero-order valence-electron chi connectivity index (χ0n) is 45.0. The quantitative estimate of drug-likeness (QED) is 0.189. The van der Waals surface area contributed by atoms with Gasteiger partial charge in [-0.3, -0.25) is 19.6 Å². The van der Waals surface area contributed by atoms with E-state index < -0.39 is 20.5 Å². The van der Waals surface area contributed by atoms with Gasteiger partial charge in [0.05, 0.1) is 51.2 Å². The third-order valence-electron chi connectivity index (χ3n) is 10.3. The Balaban J connectivity index is 0.000000534. The van der Waals surface area contributed by atoms with Crippen molar-refractivity contribution in [2.75, 3.05) is 28.4 Å². The van der Waals surface area contributed by atoms with Gasteiger partial charge in [-0.05, 0) is 69.2 Å². The summed E-state index contributed by atoms with van der Waals surface area (Å²) in [4.78, 5) is 43.7. The van der Waals surface area contributed by atoms with Crippen molar-refractivity contribution in [3.63, 3.8) is 0 Å². The number of hydrogen-bond acceptors (Lipinski definition) is 18. The van der Waals surface area contributed by atoms with Crippen LogP contribution in [-0.2, 0) is 29.1 Å². The number of methoxy groups -OCH3 is 4. The van der Waals surface area contributed by atoms with E-state index in [1.54, 1.807) is 77.2 Å². The molecule has 2 aliphatic rings. The number of hydrogen-bond donors (Lipinski definition) is 0. The van der Waals surface area contributed by atoms with E-state index in [1.807, 2.05) is 60.7 Å². The Bertz CT molecular complexity index is 2480. The summed E-state index contributed by atoms with van der Waals surface area (Å²) in [5.74, 6) is 2.48. The average molecular weight is 1170 g/mol. The smallest absolute Gasteiger partial charge is 0.497 e. The Morgan fingerprint density at radius 3 is 0.893 bits per heavy atom. The molecule has 0 unspecified atom stereocenters. The fourth-order valence-electron chi connectivity index (χ4n) is 6.39. The van der Waals surface area contributed by atoms with Crippen LogP contribution in [0.1, 0.15) is 83.1 Å². The molecule has 0 aliphatic heterocycles. The average Bonchev–Trinajstić information content (AvgIpc) is 3.28. The Labute approximate surface area is 457 Å². The minimum absolute atomic E-state index is 0. The van der Waals surface area contributed by atoms with Crippen LogP contribution in [0.5, 0.6) is 23.0 Å². The Morgan fingerprint density at radius 1 is 0.427 bits per heavy atom. The predicted octanol–water partition coefficient (Wildman–Crippen LogP) is 3.24. The molecule has 0 fully saturated rings. The molecule has 21 heteroatoms. The summed E-state index contributed by atoms with van der Waals surface area (Å²) in [7, 11) is -3.52. The molecule has 0 spiro atoms. The van der Waals surface area contributed by atoms with Crippen molar-refractivity contribution in [2.24, 2.45) is 31.6 Å². The maximum Gasteiger partial charge on any atom is 2.00 e. The van der Waals surface area contributed by atoms with Gasteiger partial charge in [-0.25, -0.2) is 47.3 Å². The van der Waals surface area contributed by atoms with Crippen LogP contribution in [0.25, 0.3) is 11.4 Å². The van der Waals surface area contributed by atoms with Crippen LogP contribution >= 0.6 is 0 Å². The first kappa shape index (κ1) is 67.5. The molecule has 0 amide bonds. The third kappa shape index (κ3) is 24.8. The first-order chi connectivity index (χ1) is 33.9. The molecule has 0 atom stereocenters. The van der Waals surface area contributed by atoms with E-state index in [-0.39, 0.29) is 52.7 Å². The van der Waals surface area contributed by atoms with Crippen molar-refractivity contribution in [3.8, 4) is 34.4 Å². The van der Waals surface area contributed by atoms with E-state index >= 15 is 0 Å². The van der Waals surface area contributed by atoms with Crippen LogP contribution in [-0.4, -0.2) is 61.4 Å². The van der Waals surface area contributed by atoms with E-state index in [0.29, 0.717) is 45.8 Å². The normalized spacial score (nSPS) is 15.0. The van der Waals surface area contributed by atoms with Crippen molar-refractivity contribution in [2.45, 2.75) is 83.1 Å². The van der Waals surface area contributed by atoms with Crippen molar-refractivity contribution in [1.82, 2.24) is 9.97 Å². The topological polar surface area (TPSA) is 306 Å². The number of allylic oxidation sites excluding steroid dienone is 8. The summed E-state index contributed by atoms with van der Waals surface area (Å²) in [5.41, 5.74) is 7.04. The van der Waals surface area contributed by atoms with Gasteiger partial charge >= 0.3 is 19.5 Å². The van der Waals surface area contributed by atoms with Gasteiger partial charge in [-0.15, -0.1) is 20.5 Å². The van der Waals surface area contributed by atoms with Gasteiger partial charge in [0.15, 0.2) is 0 Å². The molecule has 0 saturated carbocycles. The molecule has 0 N–H and O–H groups in total. The second kappa shape index (κ2) is 28.6. The monoisotopic (exact) mass is 1170 g/mol. The molecule has 4 aromatic rings. The van der Waals surface area contributed by atoms with Gasteiger partial charge in [0.1, 0.15) is 34.4 Å². The SMILES string of the molecule is COc1cc(N=C2C=C(C(C)(C)C)C=C(C(C)(C)C)C2=O)cc(OC)c1.COc1cc(N=C2C=C(C(C)(C)C)C=C(C(C)(C)C)C2=O)cc(OC)c1.[O-][Cl+3]([O-])([O-])[O-].[O-][Cl+3]([O-])([O-])[O-].[Ru+2].c1ccc(-c2ccccn2)nc1. The summed E-state index contributed by atoms with van der Waals surface area (Å²) in [5, 5.41) is 0. The number of nitrogens with zero attached hydrogens (tertiary/aromatic N) is 4. The molecule has 6 rings (SSSR count). The van der Waals surface area contributed by atoms with E-state index in [2.05, 4.69) is 103 Å². The molecule has 75 heavy (non-hydrogen) atoms. The Kier molecular flexibility index (Phi) is 25.7. The van der Waals surface area contributed by atoms with Gasteiger partial charge in [0.25, 0.3) is 0 Å². The molecule has 408 valence electrons. The van der Waals surface area contributed by atoms with E-state index in [9.17, 15) is 9.59 Å². The number of aromatic nitrogens is 2. The van der Waals surface area contributed by atoms with Crippen molar-refractivity contribution in [3.05, 3.63) is 132 Å².